The van der Waals surface area contributed by atoms with Gasteiger partial charge < -0.3 is 90.6 Å². The summed E-state index contributed by atoms with van der Waals surface area (Å²) < 4.78 is 42.2. The lowest BCUT2D eigenvalue weighted by molar-refractivity contribution is -0.346. The van der Waals surface area contributed by atoms with Gasteiger partial charge in [0, 0.05) is 70.1 Å². The van der Waals surface area contributed by atoms with Crippen molar-refractivity contribution >= 4 is 65.5 Å². The molecule has 0 aromatic heterocycles. The Morgan fingerprint density at radius 3 is 1.97 bits per heavy atom. The van der Waals surface area contributed by atoms with Crippen molar-refractivity contribution in [3.05, 3.63) is 113 Å². The van der Waals surface area contributed by atoms with Gasteiger partial charge in [0.15, 0.2) is 11.4 Å². The summed E-state index contributed by atoms with van der Waals surface area (Å²) in [5.74, 6) is -6.79. The fraction of sp³-hybridized carbons (Fsp3) is 0.577. The Balaban J connectivity index is 1.12. The van der Waals surface area contributed by atoms with Gasteiger partial charge in [-0.25, -0.2) is 28.8 Å². The number of nitrogens with two attached hydrogens (primary N) is 1. The van der Waals surface area contributed by atoms with Crippen LogP contribution in [0.25, 0.3) is 0 Å². The van der Waals surface area contributed by atoms with Crippen LogP contribution in [-0.4, -0.2) is 196 Å². The van der Waals surface area contributed by atoms with E-state index in [2.05, 4.69) is 26.6 Å². The van der Waals surface area contributed by atoms with Crippen molar-refractivity contribution in [1.29, 1.82) is 0 Å². The van der Waals surface area contributed by atoms with E-state index < -0.39 is 154 Å². The highest BCUT2D eigenvalue weighted by Crippen LogP contribution is 2.64. The minimum Gasteiger partial charge on any atom is -0.455 e. The molecule has 28 heteroatoms. The van der Waals surface area contributed by atoms with Gasteiger partial charge in [-0.1, -0.05) is 88.4 Å². The van der Waals surface area contributed by atoms with Gasteiger partial charge in [-0.3, -0.25) is 19.2 Å². The number of benzene rings is 3. The zero-order valence-electron chi connectivity index (χ0n) is 59.1. The number of hydrogen-bond donors (Lipinski definition) is 9. The Labute approximate surface area is 577 Å². The van der Waals surface area contributed by atoms with Gasteiger partial charge in [-0.15, -0.1) is 0 Å². The first-order valence-corrected chi connectivity index (χ1v) is 33.1. The van der Waals surface area contributed by atoms with E-state index in [1.165, 1.54) is 71.0 Å². The maximum atomic E-state index is 15.5. The monoisotopic (exact) mass is 1380 g/mol. The number of ether oxygens (including phenoxy) is 7. The Morgan fingerprint density at radius 1 is 0.808 bits per heavy atom. The molecular formula is C71H98N8O20. The number of hydrogen-bond acceptors (Lipinski definition) is 21. The van der Waals surface area contributed by atoms with Gasteiger partial charge >= 0.3 is 42.2 Å². The highest BCUT2D eigenvalue weighted by atomic mass is 16.6. The van der Waals surface area contributed by atoms with E-state index in [1.807, 2.05) is 34.6 Å². The molecule has 3 fully saturated rings. The lowest BCUT2D eigenvalue weighted by Crippen LogP contribution is -2.81. The third-order valence-electron chi connectivity index (χ3n) is 18.9. The van der Waals surface area contributed by atoms with Crippen LogP contribution in [-0.2, 0) is 63.7 Å². The first kappa shape index (κ1) is 77.6. The second-order valence-electron chi connectivity index (χ2n) is 29.1. The van der Waals surface area contributed by atoms with Crippen LogP contribution >= 0.6 is 0 Å². The van der Waals surface area contributed by atoms with Crippen molar-refractivity contribution in [3.63, 3.8) is 0 Å². The van der Waals surface area contributed by atoms with Crippen molar-refractivity contribution in [2.24, 2.45) is 28.4 Å². The van der Waals surface area contributed by atoms with Gasteiger partial charge in [-0.2, -0.15) is 0 Å². The van der Waals surface area contributed by atoms with Crippen molar-refractivity contribution in [3.8, 4) is 0 Å². The van der Waals surface area contributed by atoms with Crippen molar-refractivity contribution in [2.75, 3.05) is 45.7 Å². The number of nitrogens with zero attached hydrogens (tertiary/aromatic N) is 2. The Bertz CT molecular complexity index is 3480. The molecule has 3 aromatic carbocycles. The van der Waals surface area contributed by atoms with Gasteiger partial charge in [0.1, 0.15) is 54.3 Å². The molecule has 3 aliphatic carbocycles. The Kier molecular flexibility index (Phi) is 24.5. The average molecular weight is 1380 g/mol. The number of nitrogens with one attached hydrogen (secondary N) is 5. The van der Waals surface area contributed by atoms with Gasteiger partial charge in [0.05, 0.1) is 35.6 Å². The number of aliphatic hydroxyl groups is 3. The summed E-state index contributed by atoms with van der Waals surface area (Å²) in [5.41, 5.74) is -3.51. The number of urea groups is 1. The number of primary amides is 1. The summed E-state index contributed by atoms with van der Waals surface area (Å²) in [6.45, 7) is 20.5. The van der Waals surface area contributed by atoms with E-state index in [4.69, 9.17) is 38.9 Å². The minimum absolute atomic E-state index is 0.0147. The molecule has 542 valence electrons. The minimum atomic E-state index is -2.52. The molecule has 28 nitrogen and oxygen atoms in total. The smallest absolute Gasteiger partial charge is 0.410 e. The van der Waals surface area contributed by atoms with Crippen LogP contribution < -0.4 is 32.3 Å². The van der Waals surface area contributed by atoms with Crippen LogP contribution in [0.5, 0.6) is 0 Å². The molecule has 1 aliphatic heterocycles. The number of anilines is 1. The zero-order valence-corrected chi connectivity index (χ0v) is 59.1. The molecular weight excluding hydrogens is 1280 g/mol. The second-order valence-corrected chi connectivity index (χ2v) is 29.1. The number of fused-ring (bicyclic) bond motifs is 5. The summed E-state index contributed by atoms with van der Waals surface area (Å²) in [6.07, 6.45) is -14.0. The number of alkyl carbamates (subject to hydrolysis) is 1. The number of carbonyl (C=O) groups excluding carboxylic acids is 10. The summed E-state index contributed by atoms with van der Waals surface area (Å²) in [4.78, 5) is 141. The molecule has 7 rings (SSSR count). The molecule has 0 radical (unpaired) electrons. The van der Waals surface area contributed by atoms with Crippen molar-refractivity contribution in [2.45, 2.75) is 199 Å². The predicted molar refractivity (Wildman–Crippen MR) is 359 cm³/mol. The third kappa shape index (κ3) is 17.8. The van der Waals surface area contributed by atoms with E-state index in [0.29, 0.717) is 17.7 Å². The van der Waals surface area contributed by atoms with Crippen LogP contribution in [0.4, 0.5) is 24.9 Å². The molecule has 13 atom stereocenters. The fourth-order valence-corrected chi connectivity index (χ4v) is 13.6. The largest absolute Gasteiger partial charge is 0.455 e. The van der Waals surface area contributed by atoms with Crippen LogP contribution in [0.2, 0.25) is 0 Å². The first-order chi connectivity index (χ1) is 46.1. The lowest BCUT2D eigenvalue weighted by Gasteiger charge is -2.67. The molecule has 3 aromatic rings. The zero-order chi connectivity index (χ0) is 73.5. The van der Waals surface area contributed by atoms with Crippen molar-refractivity contribution in [1.82, 2.24) is 31.1 Å². The van der Waals surface area contributed by atoms with Crippen LogP contribution in [0.15, 0.2) is 96.1 Å². The summed E-state index contributed by atoms with van der Waals surface area (Å²) >= 11 is 0. The van der Waals surface area contributed by atoms with Crippen molar-refractivity contribution < 1.29 is 96.4 Å². The number of Topliss-reactive ketones (excluding diaryl/α,β-unsaturated/α-hetero) is 1. The highest BCUT2D eigenvalue weighted by Gasteiger charge is 2.78. The van der Waals surface area contributed by atoms with Crippen LogP contribution in [0, 0.1) is 22.7 Å². The number of rotatable bonds is 24. The SMILES string of the molecule is CC(=O)O[C@@]12CO[C@@H]1C[C@H](O)[C@@]1(C)C(=O)[C@H](O)C3=C(C)[C@@H](OC(=O)[C@H](OC(=O)N(C)CCN(C)C(=O)OCc4ccc(NC(=O)[C@H](CCCNC(N)=O)NC(=O)[C@@H](NC(C)(C)C)C(C)C)cc4)[C@@H](NC(=O)OC(C)(C)C)c4ccccc4)C[C@@](O)([C@@H](OC(=O)c4ccccc4)[C@H]21)C3(C)C. The number of carbonyl (C=O) groups is 10. The molecule has 0 unspecified atom stereocenters. The summed E-state index contributed by atoms with van der Waals surface area (Å²) in [6, 6.07) is 18.1. The van der Waals surface area contributed by atoms with Gasteiger partial charge in [-0.05, 0) is 121 Å². The average Bonchev–Trinajstić information content (AvgIpc) is 0.671. The second kappa shape index (κ2) is 31.2. The quantitative estimate of drug-likeness (QED) is 0.0218. The maximum absolute atomic E-state index is 15.5. The molecule has 1 saturated heterocycles. The lowest BCUT2D eigenvalue weighted by atomic mass is 9.44. The predicted octanol–water partition coefficient (Wildman–Crippen LogP) is 5.89. The molecule has 0 spiro atoms. The Hall–Kier alpha value is -8.70. The number of likely N-dealkylation sites (N-methyl/N-ethyl adjacent to an activating group) is 2. The third-order valence-corrected chi connectivity index (χ3v) is 18.9. The maximum Gasteiger partial charge on any atom is 0.410 e. The number of ketones is 1. The van der Waals surface area contributed by atoms with E-state index in [-0.39, 0.29) is 79.8 Å². The normalized spacial score (nSPS) is 25.1. The van der Waals surface area contributed by atoms with E-state index >= 15 is 9.59 Å². The van der Waals surface area contributed by atoms with E-state index in [9.17, 15) is 53.7 Å². The first-order valence-electron chi connectivity index (χ1n) is 33.1. The highest BCUT2D eigenvalue weighted by molar-refractivity contribution is 5.98. The molecule has 2 bridgehead atoms. The molecule has 7 amide bonds. The van der Waals surface area contributed by atoms with Crippen LogP contribution in [0.1, 0.15) is 143 Å². The number of aliphatic hydroxyl groups excluding tert-OH is 2. The summed E-state index contributed by atoms with van der Waals surface area (Å²) in [5, 5.41) is 52.8. The van der Waals surface area contributed by atoms with Crippen LogP contribution in [0.3, 0.4) is 0 Å². The molecule has 99 heavy (non-hydrogen) atoms. The van der Waals surface area contributed by atoms with Gasteiger partial charge in [0.25, 0.3) is 0 Å². The van der Waals surface area contributed by atoms with E-state index in [0.717, 1.165) is 11.8 Å². The summed E-state index contributed by atoms with van der Waals surface area (Å²) in [7, 11) is 2.73. The molecule has 2 saturated carbocycles. The topological polar surface area (TPSA) is 389 Å². The Morgan fingerprint density at radius 2 is 1.41 bits per heavy atom. The standard InChI is InChI=1S/C71H98N8O20/c1-39(2)51(77-66(5,6)7)59(85)75-46(27-22-32-73-62(72)88)58(84)74-45-30-28-42(29-31-45)37-93-64(90)78(14)33-34-79(15)65(91)96-54(52(43-23-18-16-19-24-43)76-63(89)99-67(8,9)10)61(87)95-47-36-71(92)57(97-60(86)44-25-20-17-21-26-44)55-69(13,56(83)53(82)50(40(47)3)68(71,11)12)48(81)35-49-70(55,38-94-49)98-41(4)80/h16-21,23-26,28-31,39,46-49,51-55,57,77,81-82,92H,22,27,32-38H2,1-15H3,(H,74,84)(H,75,85)(H,76,89)(H3,72,73,88)/t46-,47-,48-,49+,51-,52-,53+,54+,55-,57-,69+,70-,71+/m0/s1. The molecule has 10 N–H and O–H groups in total. The van der Waals surface area contributed by atoms with E-state index in [1.54, 1.807) is 81.4 Å². The number of esters is 3. The molecule has 4 aliphatic rings. The number of amides is 7. The fourth-order valence-electron chi connectivity index (χ4n) is 13.6. The van der Waals surface area contributed by atoms with Gasteiger partial charge in [0.2, 0.25) is 17.9 Å². The molecule has 1 heterocycles.